The second-order valence-electron chi connectivity index (χ2n) is 5.74. The van der Waals surface area contributed by atoms with E-state index in [2.05, 4.69) is 18.2 Å². The van der Waals surface area contributed by atoms with Crippen LogP contribution >= 0.6 is 0 Å². The molecule has 3 rings (SSSR count). The smallest absolute Gasteiger partial charge is 0.106 e. The molecule has 0 bridgehead atoms. The van der Waals surface area contributed by atoms with E-state index in [1.54, 1.807) is 0 Å². The Morgan fingerprint density at radius 2 is 1.75 bits per heavy atom. The molecule has 1 aliphatic rings. The molecule has 0 amide bonds. The van der Waals surface area contributed by atoms with Crippen molar-refractivity contribution >= 4 is 0 Å². The Kier molecular flexibility index (Phi) is 3.60. The van der Waals surface area contributed by atoms with E-state index in [0.717, 1.165) is 12.0 Å². The van der Waals surface area contributed by atoms with Crippen LogP contribution in [0.15, 0.2) is 48.5 Å². The molecule has 1 aliphatic carbocycles. The fourth-order valence-corrected chi connectivity index (χ4v) is 3.11. The van der Waals surface area contributed by atoms with Gasteiger partial charge in [0.1, 0.15) is 5.60 Å². The highest BCUT2D eigenvalue weighted by molar-refractivity contribution is 5.37. The van der Waals surface area contributed by atoms with Crippen LogP contribution < -0.4 is 5.73 Å². The Labute approximate surface area is 120 Å². The van der Waals surface area contributed by atoms with Crippen molar-refractivity contribution in [3.63, 3.8) is 0 Å². The highest BCUT2D eigenvalue weighted by Gasteiger charge is 2.28. The van der Waals surface area contributed by atoms with Gasteiger partial charge in [-0.05, 0) is 41.5 Å². The Hall–Kier alpha value is -1.64. The molecular weight excluding hydrogens is 246 g/mol. The maximum absolute atomic E-state index is 10.9. The summed E-state index contributed by atoms with van der Waals surface area (Å²) in [5, 5.41) is 10.9. The van der Waals surface area contributed by atoms with Crippen LogP contribution in [0.5, 0.6) is 0 Å². The minimum atomic E-state index is -0.978. The van der Waals surface area contributed by atoms with Gasteiger partial charge in [0.25, 0.3) is 0 Å². The average Bonchev–Trinajstić information content (AvgIpc) is 2.95. The van der Waals surface area contributed by atoms with Gasteiger partial charge in [0.15, 0.2) is 0 Å². The van der Waals surface area contributed by atoms with E-state index in [-0.39, 0.29) is 6.54 Å². The SMILES string of the molecule is NCC(O)(Cc1ccc2c(c1)CCC2)c1ccccc1. The quantitative estimate of drug-likeness (QED) is 0.894. The maximum Gasteiger partial charge on any atom is 0.106 e. The van der Waals surface area contributed by atoms with E-state index in [4.69, 9.17) is 5.73 Å². The third-order valence-electron chi connectivity index (χ3n) is 4.31. The van der Waals surface area contributed by atoms with Crippen LogP contribution in [0.3, 0.4) is 0 Å². The first kappa shape index (κ1) is 13.3. The maximum atomic E-state index is 10.9. The second-order valence-corrected chi connectivity index (χ2v) is 5.74. The van der Waals surface area contributed by atoms with Crippen LogP contribution in [-0.4, -0.2) is 11.7 Å². The summed E-state index contributed by atoms with van der Waals surface area (Å²) in [6.07, 6.45) is 4.17. The molecule has 0 fully saturated rings. The molecule has 0 aliphatic heterocycles. The summed E-state index contributed by atoms with van der Waals surface area (Å²) in [5.41, 5.74) is 9.83. The van der Waals surface area contributed by atoms with Crippen LogP contribution in [0.25, 0.3) is 0 Å². The van der Waals surface area contributed by atoms with Gasteiger partial charge in [-0.3, -0.25) is 0 Å². The summed E-state index contributed by atoms with van der Waals surface area (Å²) in [7, 11) is 0. The third kappa shape index (κ3) is 2.49. The van der Waals surface area contributed by atoms with Gasteiger partial charge < -0.3 is 10.8 Å². The zero-order valence-electron chi connectivity index (χ0n) is 11.7. The van der Waals surface area contributed by atoms with Crippen molar-refractivity contribution in [1.29, 1.82) is 0 Å². The monoisotopic (exact) mass is 267 g/mol. The van der Waals surface area contributed by atoms with Crippen molar-refractivity contribution in [3.05, 3.63) is 70.8 Å². The predicted octanol–water partition coefficient (Wildman–Crippen LogP) is 2.56. The van der Waals surface area contributed by atoms with E-state index in [1.807, 2.05) is 30.3 Å². The van der Waals surface area contributed by atoms with Gasteiger partial charge in [-0.25, -0.2) is 0 Å². The first-order valence-corrected chi connectivity index (χ1v) is 7.30. The highest BCUT2D eigenvalue weighted by atomic mass is 16.3. The van der Waals surface area contributed by atoms with Gasteiger partial charge in [0, 0.05) is 13.0 Å². The molecule has 0 heterocycles. The van der Waals surface area contributed by atoms with Crippen molar-refractivity contribution in [2.24, 2.45) is 5.73 Å². The van der Waals surface area contributed by atoms with Gasteiger partial charge in [-0.2, -0.15) is 0 Å². The lowest BCUT2D eigenvalue weighted by Gasteiger charge is -2.27. The molecule has 2 aromatic carbocycles. The Morgan fingerprint density at radius 1 is 1.00 bits per heavy atom. The summed E-state index contributed by atoms with van der Waals surface area (Å²) in [5.74, 6) is 0. The largest absolute Gasteiger partial charge is 0.383 e. The van der Waals surface area contributed by atoms with E-state index >= 15 is 0 Å². The number of benzene rings is 2. The first-order valence-electron chi connectivity index (χ1n) is 7.30. The number of nitrogens with two attached hydrogens (primary N) is 1. The van der Waals surface area contributed by atoms with Gasteiger partial charge >= 0.3 is 0 Å². The lowest BCUT2D eigenvalue weighted by molar-refractivity contribution is 0.0463. The predicted molar refractivity (Wildman–Crippen MR) is 81.6 cm³/mol. The number of hydrogen-bond donors (Lipinski definition) is 2. The molecule has 0 radical (unpaired) electrons. The summed E-state index contributed by atoms with van der Waals surface area (Å²) in [4.78, 5) is 0. The fraction of sp³-hybridized carbons (Fsp3) is 0.333. The van der Waals surface area contributed by atoms with Crippen LogP contribution in [0.4, 0.5) is 0 Å². The second kappa shape index (κ2) is 5.39. The molecule has 0 saturated heterocycles. The number of fused-ring (bicyclic) bond motifs is 1. The van der Waals surface area contributed by atoms with Gasteiger partial charge in [0.2, 0.25) is 0 Å². The Balaban J connectivity index is 1.88. The molecule has 2 aromatic rings. The normalized spacial score (nSPS) is 16.7. The van der Waals surface area contributed by atoms with Gasteiger partial charge in [-0.1, -0.05) is 48.5 Å². The van der Waals surface area contributed by atoms with Crippen molar-refractivity contribution in [3.8, 4) is 0 Å². The van der Waals surface area contributed by atoms with Crippen LogP contribution in [-0.2, 0) is 24.9 Å². The minimum absolute atomic E-state index is 0.230. The lowest BCUT2D eigenvalue weighted by Crippen LogP contribution is -2.37. The molecule has 0 saturated carbocycles. The van der Waals surface area contributed by atoms with Crippen LogP contribution in [0.2, 0.25) is 0 Å². The number of aliphatic hydroxyl groups is 1. The molecule has 0 aromatic heterocycles. The summed E-state index contributed by atoms with van der Waals surface area (Å²) in [6, 6.07) is 16.3. The Morgan fingerprint density at radius 3 is 2.50 bits per heavy atom. The lowest BCUT2D eigenvalue weighted by atomic mass is 9.86. The highest BCUT2D eigenvalue weighted by Crippen LogP contribution is 2.28. The summed E-state index contributed by atoms with van der Waals surface area (Å²) >= 11 is 0. The van der Waals surface area contributed by atoms with Crippen molar-refractivity contribution < 1.29 is 5.11 Å². The third-order valence-corrected chi connectivity index (χ3v) is 4.31. The first-order chi connectivity index (χ1) is 9.71. The van der Waals surface area contributed by atoms with Crippen molar-refractivity contribution in [2.75, 3.05) is 6.54 Å². The zero-order valence-corrected chi connectivity index (χ0v) is 11.7. The average molecular weight is 267 g/mol. The molecule has 2 nitrogen and oxygen atoms in total. The molecular formula is C18H21NO. The molecule has 0 spiro atoms. The minimum Gasteiger partial charge on any atom is -0.383 e. The van der Waals surface area contributed by atoms with E-state index < -0.39 is 5.60 Å². The molecule has 3 N–H and O–H groups in total. The number of rotatable bonds is 4. The topological polar surface area (TPSA) is 46.2 Å². The molecule has 104 valence electrons. The fourth-order valence-electron chi connectivity index (χ4n) is 3.11. The van der Waals surface area contributed by atoms with E-state index in [9.17, 15) is 5.11 Å². The van der Waals surface area contributed by atoms with Crippen molar-refractivity contribution in [2.45, 2.75) is 31.3 Å². The molecule has 20 heavy (non-hydrogen) atoms. The standard InChI is InChI=1S/C18H21NO/c19-13-18(20,17-7-2-1-3-8-17)12-14-9-10-15-5-4-6-16(15)11-14/h1-3,7-11,20H,4-6,12-13,19H2. The number of hydrogen-bond acceptors (Lipinski definition) is 2. The van der Waals surface area contributed by atoms with E-state index in [0.29, 0.717) is 6.42 Å². The Bertz CT molecular complexity index is 594. The molecule has 1 atom stereocenters. The summed E-state index contributed by atoms with van der Waals surface area (Å²) < 4.78 is 0. The number of aryl methyl sites for hydroxylation is 2. The van der Waals surface area contributed by atoms with E-state index in [1.165, 1.54) is 29.5 Å². The van der Waals surface area contributed by atoms with Crippen molar-refractivity contribution in [1.82, 2.24) is 0 Å². The zero-order chi connectivity index (χ0) is 14.0. The van der Waals surface area contributed by atoms with Crippen LogP contribution in [0.1, 0.15) is 28.7 Å². The van der Waals surface area contributed by atoms with Crippen LogP contribution in [0, 0.1) is 0 Å². The molecule has 2 heteroatoms. The summed E-state index contributed by atoms with van der Waals surface area (Å²) in [6.45, 7) is 0.230. The van der Waals surface area contributed by atoms with Gasteiger partial charge in [0.05, 0.1) is 0 Å². The molecule has 1 unspecified atom stereocenters. The van der Waals surface area contributed by atoms with Gasteiger partial charge in [-0.15, -0.1) is 0 Å².